The number of amides is 1. The minimum atomic E-state index is -0.617. The van der Waals surface area contributed by atoms with Gasteiger partial charge in [-0.25, -0.2) is 4.79 Å². The number of esters is 1. The highest BCUT2D eigenvalue weighted by Gasteiger charge is 2.14. The Morgan fingerprint density at radius 1 is 1.13 bits per heavy atom. The van der Waals surface area contributed by atoms with Crippen molar-refractivity contribution in [2.45, 2.75) is 0 Å². The molecular formula is C17H15N3O3. The Balaban J connectivity index is 1.80. The highest BCUT2D eigenvalue weighted by atomic mass is 16.5. The summed E-state index contributed by atoms with van der Waals surface area (Å²) in [6.45, 7) is -0.320. The van der Waals surface area contributed by atoms with Crippen molar-refractivity contribution < 1.29 is 14.3 Å². The molecule has 0 aliphatic carbocycles. The summed E-state index contributed by atoms with van der Waals surface area (Å²) in [5.74, 6) is -0.985. The number of fused-ring (bicyclic) bond motifs is 1. The number of benzene rings is 2. The topological polar surface area (TPSA) is 84.1 Å². The number of likely N-dealkylation sites (N-methyl/N-ethyl adjacent to an activating group) is 1. The van der Waals surface area contributed by atoms with Crippen LogP contribution in [0.1, 0.15) is 10.5 Å². The lowest BCUT2D eigenvalue weighted by Gasteiger charge is -2.01. The smallest absolute Gasteiger partial charge is 0.356 e. The SMILES string of the molecule is CNC(=O)COC(=O)c1cc(-c2ccc3ccccc3c2)n[nH]1. The quantitative estimate of drug-likeness (QED) is 0.723. The average molecular weight is 309 g/mol. The summed E-state index contributed by atoms with van der Waals surface area (Å²) in [5, 5.41) is 11.4. The van der Waals surface area contributed by atoms with Crippen molar-refractivity contribution in [1.82, 2.24) is 15.5 Å². The van der Waals surface area contributed by atoms with E-state index in [1.807, 2.05) is 42.5 Å². The first-order valence-electron chi connectivity index (χ1n) is 7.09. The third-order valence-corrected chi connectivity index (χ3v) is 3.46. The van der Waals surface area contributed by atoms with Gasteiger partial charge >= 0.3 is 5.97 Å². The fraction of sp³-hybridized carbons (Fsp3) is 0.118. The summed E-state index contributed by atoms with van der Waals surface area (Å²) in [7, 11) is 1.48. The molecule has 0 unspecified atom stereocenters. The van der Waals surface area contributed by atoms with Crippen LogP contribution in [-0.2, 0) is 9.53 Å². The zero-order valence-electron chi connectivity index (χ0n) is 12.5. The molecule has 116 valence electrons. The van der Waals surface area contributed by atoms with Gasteiger partial charge in [0.05, 0.1) is 5.69 Å². The van der Waals surface area contributed by atoms with Gasteiger partial charge in [0.15, 0.2) is 6.61 Å². The monoisotopic (exact) mass is 309 g/mol. The van der Waals surface area contributed by atoms with E-state index in [1.165, 1.54) is 7.05 Å². The van der Waals surface area contributed by atoms with Crippen LogP contribution in [0.4, 0.5) is 0 Å². The summed E-state index contributed by atoms with van der Waals surface area (Å²) in [5.41, 5.74) is 1.74. The van der Waals surface area contributed by atoms with Gasteiger partial charge in [-0.3, -0.25) is 9.89 Å². The molecule has 2 aromatic carbocycles. The molecule has 0 atom stereocenters. The Kier molecular flexibility index (Phi) is 4.05. The molecule has 0 bridgehead atoms. The summed E-state index contributed by atoms with van der Waals surface area (Å²) < 4.78 is 4.88. The van der Waals surface area contributed by atoms with Gasteiger partial charge in [0, 0.05) is 12.6 Å². The number of nitrogens with one attached hydrogen (secondary N) is 2. The Labute approximate surface area is 132 Å². The van der Waals surface area contributed by atoms with Gasteiger partial charge in [0.25, 0.3) is 5.91 Å². The number of aromatic nitrogens is 2. The maximum absolute atomic E-state index is 11.8. The molecule has 6 nitrogen and oxygen atoms in total. The summed E-state index contributed by atoms with van der Waals surface area (Å²) in [4.78, 5) is 22.9. The molecule has 0 saturated heterocycles. The van der Waals surface area contributed by atoms with E-state index in [0.29, 0.717) is 5.69 Å². The van der Waals surface area contributed by atoms with Crippen LogP contribution in [-0.4, -0.2) is 35.7 Å². The van der Waals surface area contributed by atoms with E-state index in [0.717, 1.165) is 16.3 Å². The van der Waals surface area contributed by atoms with Crippen LogP contribution in [0.5, 0.6) is 0 Å². The highest BCUT2D eigenvalue weighted by Crippen LogP contribution is 2.23. The normalized spacial score (nSPS) is 10.5. The van der Waals surface area contributed by atoms with E-state index in [-0.39, 0.29) is 18.2 Å². The Bertz CT molecular complexity index is 870. The Morgan fingerprint density at radius 2 is 1.91 bits per heavy atom. The molecule has 2 N–H and O–H groups in total. The van der Waals surface area contributed by atoms with Crippen LogP contribution in [0, 0.1) is 0 Å². The van der Waals surface area contributed by atoms with Crippen LogP contribution in [0.15, 0.2) is 48.5 Å². The maximum atomic E-state index is 11.8. The number of hydrogen-bond donors (Lipinski definition) is 2. The Hall–Kier alpha value is -3.15. The molecule has 1 aromatic heterocycles. The number of carbonyl (C=O) groups is 2. The second kappa shape index (κ2) is 6.31. The Morgan fingerprint density at radius 3 is 2.70 bits per heavy atom. The summed E-state index contributed by atoms with van der Waals surface area (Å²) >= 11 is 0. The molecule has 0 aliphatic heterocycles. The van der Waals surface area contributed by atoms with Gasteiger partial charge in [0.1, 0.15) is 5.69 Å². The van der Waals surface area contributed by atoms with Gasteiger partial charge in [-0.2, -0.15) is 5.10 Å². The number of rotatable bonds is 4. The van der Waals surface area contributed by atoms with Crippen molar-refractivity contribution in [2.75, 3.05) is 13.7 Å². The van der Waals surface area contributed by atoms with Crippen LogP contribution in [0.2, 0.25) is 0 Å². The molecule has 0 spiro atoms. The maximum Gasteiger partial charge on any atom is 0.356 e. The molecule has 6 heteroatoms. The third kappa shape index (κ3) is 3.21. The molecule has 3 aromatic rings. The van der Waals surface area contributed by atoms with E-state index in [2.05, 4.69) is 15.5 Å². The van der Waals surface area contributed by atoms with Crippen molar-refractivity contribution in [1.29, 1.82) is 0 Å². The largest absolute Gasteiger partial charge is 0.451 e. The van der Waals surface area contributed by atoms with Crippen LogP contribution >= 0.6 is 0 Å². The molecule has 1 amide bonds. The van der Waals surface area contributed by atoms with Crippen molar-refractivity contribution in [3.63, 3.8) is 0 Å². The number of nitrogens with zero attached hydrogens (tertiary/aromatic N) is 1. The lowest BCUT2D eigenvalue weighted by atomic mass is 10.1. The summed E-state index contributed by atoms with van der Waals surface area (Å²) in [6, 6.07) is 15.6. The fourth-order valence-electron chi connectivity index (χ4n) is 2.20. The molecule has 1 heterocycles. The molecule has 0 fully saturated rings. The molecule has 3 rings (SSSR count). The second-order valence-electron chi connectivity index (χ2n) is 4.98. The fourth-order valence-corrected chi connectivity index (χ4v) is 2.20. The van der Waals surface area contributed by atoms with Crippen molar-refractivity contribution in [3.05, 3.63) is 54.2 Å². The average Bonchev–Trinajstić information content (AvgIpc) is 3.09. The standard InChI is InChI=1S/C17H15N3O3/c1-18-16(21)10-23-17(22)15-9-14(19-20-15)13-7-6-11-4-2-3-5-12(11)8-13/h2-9H,10H2,1H3,(H,18,21)(H,19,20). The van der Waals surface area contributed by atoms with Gasteiger partial charge < -0.3 is 10.1 Å². The minimum Gasteiger partial charge on any atom is -0.451 e. The van der Waals surface area contributed by atoms with Crippen LogP contribution in [0.3, 0.4) is 0 Å². The summed E-state index contributed by atoms with van der Waals surface area (Å²) in [6.07, 6.45) is 0. The molecule has 0 saturated carbocycles. The first-order valence-corrected chi connectivity index (χ1v) is 7.09. The number of carbonyl (C=O) groups excluding carboxylic acids is 2. The van der Waals surface area contributed by atoms with Gasteiger partial charge in [-0.05, 0) is 22.9 Å². The van der Waals surface area contributed by atoms with E-state index in [4.69, 9.17) is 4.74 Å². The lowest BCUT2D eigenvalue weighted by Crippen LogP contribution is -2.25. The van der Waals surface area contributed by atoms with E-state index >= 15 is 0 Å². The molecule has 0 aliphatic rings. The van der Waals surface area contributed by atoms with Gasteiger partial charge in [-0.1, -0.05) is 36.4 Å². The van der Waals surface area contributed by atoms with Gasteiger partial charge in [0.2, 0.25) is 0 Å². The van der Waals surface area contributed by atoms with Crippen LogP contribution in [0.25, 0.3) is 22.0 Å². The second-order valence-corrected chi connectivity index (χ2v) is 4.98. The number of hydrogen-bond acceptors (Lipinski definition) is 4. The predicted molar refractivity (Wildman–Crippen MR) is 85.9 cm³/mol. The number of aromatic amines is 1. The van der Waals surface area contributed by atoms with Crippen molar-refractivity contribution in [3.8, 4) is 11.3 Å². The first kappa shape index (κ1) is 14.8. The number of ether oxygens (including phenoxy) is 1. The third-order valence-electron chi connectivity index (χ3n) is 3.46. The first-order chi connectivity index (χ1) is 11.2. The molecule has 0 radical (unpaired) electrons. The lowest BCUT2D eigenvalue weighted by molar-refractivity contribution is -0.123. The zero-order chi connectivity index (χ0) is 16.2. The van der Waals surface area contributed by atoms with Gasteiger partial charge in [-0.15, -0.1) is 0 Å². The van der Waals surface area contributed by atoms with Crippen molar-refractivity contribution in [2.24, 2.45) is 0 Å². The predicted octanol–water partition coefficient (Wildman–Crippen LogP) is 2.13. The van der Waals surface area contributed by atoms with Crippen LogP contribution < -0.4 is 5.32 Å². The van der Waals surface area contributed by atoms with E-state index in [9.17, 15) is 9.59 Å². The zero-order valence-corrected chi connectivity index (χ0v) is 12.5. The van der Waals surface area contributed by atoms with E-state index < -0.39 is 5.97 Å². The molecular weight excluding hydrogens is 294 g/mol. The van der Waals surface area contributed by atoms with Crippen molar-refractivity contribution >= 4 is 22.6 Å². The minimum absolute atomic E-state index is 0.206. The highest BCUT2D eigenvalue weighted by molar-refractivity contribution is 5.91. The molecule has 23 heavy (non-hydrogen) atoms. The van der Waals surface area contributed by atoms with E-state index in [1.54, 1.807) is 6.07 Å². The number of H-pyrrole nitrogens is 1.